The Hall–Kier alpha value is -1.39. The summed E-state index contributed by atoms with van der Waals surface area (Å²) in [4.78, 5) is 14.6. The standard InChI is InChI=1S/C18H27N3O/c1-14(19)12-20-17(22)15-4-6-16(7-5-15)18(8-9-18)13-21-10-2-3-11-21/h4-7,14H,2-3,8-13,19H2,1H3,(H,20,22). The van der Waals surface area contributed by atoms with Crippen LogP contribution in [0.1, 0.15) is 48.5 Å². The fourth-order valence-electron chi connectivity index (χ4n) is 3.39. The lowest BCUT2D eigenvalue weighted by molar-refractivity contribution is 0.0951. The largest absolute Gasteiger partial charge is 0.350 e. The summed E-state index contributed by atoms with van der Waals surface area (Å²) < 4.78 is 0. The maximum Gasteiger partial charge on any atom is 0.251 e. The molecule has 2 aliphatic rings. The van der Waals surface area contributed by atoms with Crippen LogP contribution in [-0.2, 0) is 5.41 Å². The minimum atomic E-state index is -0.0340. The summed E-state index contributed by atoms with van der Waals surface area (Å²) in [5.74, 6) is -0.0340. The van der Waals surface area contributed by atoms with Gasteiger partial charge in [0.2, 0.25) is 0 Å². The molecule has 1 saturated heterocycles. The molecule has 2 fully saturated rings. The van der Waals surface area contributed by atoms with Gasteiger partial charge in [0.05, 0.1) is 0 Å². The van der Waals surface area contributed by atoms with Gasteiger partial charge in [-0.2, -0.15) is 0 Å². The van der Waals surface area contributed by atoms with Crippen LogP contribution in [-0.4, -0.2) is 43.0 Å². The number of likely N-dealkylation sites (tertiary alicyclic amines) is 1. The van der Waals surface area contributed by atoms with Crippen molar-refractivity contribution in [1.29, 1.82) is 0 Å². The van der Waals surface area contributed by atoms with Gasteiger partial charge in [-0.25, -0.2) is 0 Å². The minimum absolute atomic E-state index is 0.0154. The number of benzene rings is 1. The van der Waals surface area contributed by atoms with E-state index in [0.29, 0.717) is 12.0 Å². The van der Waals surface area contributed by atoms with E-state index in [9.17, 15) is 4.79 Å². The molecule has 0 radical (unpaired) electrons. The molecular formula is C18H27N3O. The molecule has 0 spiro atoms. The van der Waals surface area contributed by atoms with E-state index in [0.717, 1.165) is 5.56 Å². The number of nitrogens with zero attached hydrogens (tertiary/aromatic N) is 1. The molecule has 3 N–H and O–H groups in total. The summed E-state index contributed by atoms with van der Waals surface area (Å²) in [5, 5.41) is 2.86. The highest BCUT2D eigenvalue weighted by Gasteiger charge is 2.45. The zero-order valence-corrected chi connectivity index (χ0v) is 13.5. The number of amides is 1. The van der Waals surface area contributed by atoms with Gasteiger partial charge >= 0.3 is 0 Å². The average Bonchev–Trinajstić information content (AvgIpc) is 3.11. The van der Waals surface area contributed by atoms with Crippen LogP contribution in [0, 0.1) is 0 Å². The van der Waals surface area contributed by atoms with Crippen molar-refractivity contribution in [2.75, 3.05) is 26.2 Å². The molecule has 1 heterocycles. The van der Waals surface area contributed by atoms with Crippen LogP contribution < -0.4 is 11.1 Å². The van der Waals surface area contributed by atoms with E-state index in [-0.39, 0.29) is 11.9 Å². The van der Waals surface area contributed by atoms with Gasteiger partial charge < -0.3 is 16.0 Å². The number of carbonyl (C=O) groups is 1. The van der Waals surface area contributed by atoms with Gasteiger partial charge in [0.25, 0.3) is 5.91 Å². The smallest absolute Gasteiger partial charge is 0.251 e. The number of hydrogen-bond acceptors (Lipinski definition) is 3. The molecule has 1 aromatic carbocycles. The number of rotatable bonds is 6. The summed E-state index contributed by atoms with van der Waals surface area (Å²) in [6, 6.07) is 8.18. The van der Waals surface area contributed by atoms with E-state index in [1.54, 1.807) is 0 Å². The van der Waals surface area contributed by atoms with Gasteiger partial charge in [-0.3, -0.25) is 4.79 Å². The fraction of sp³-hybridized carbons (Fsp3) is 0.611. The van der Waals surface area contributed by atoms with Crippen LogP contribution in [0.2, 0.25) is 0 Å². The lowest BCUT2D eigenvalue weighted by Crippen LogP contribution is -2.35. The van der Waals surface area contributed by atoms with Crippen molar-refractivity contribution in [3.05, 3.63) is 35.4 Å². The SMILES string of the molecule is CC(N)CNC(=O)c1ccc(C2(CN3CCCC3)CC2)cc1. The first-order chi connectivity index (χ1) is 10.6. The maximum atomic E-state index is 12.0. The first-order valence-corrected chi connectivity index (χ1v) is 8.46. The average molecular weight is 301 g/mol. The molecule has 1 aromatic rings. The molecule has 1 atom stereocenters. The Morgan fingerprint density at radius 2 is 1.91 bits per heavy atom. The van der Waals surface area contributed by atoms with Crippen molar-refractivity contribution in [3.63, 3.8) is 0 Å². The number of carbonyl (C=O) groups excluding carboxylic acids is 1. The Morgan fingerprint density at radius 3 is 2.45 bits per heavy atom. The summed E-state index contributed by atoms with van der Waals surface area (Å²) in [6.07, 6.45) is 5.24. The molecule has 120 valence electrons. The molecule has 1 saturated carbocycles. The van der Waals surface area contributed by atoms with Gasteiger partial charge in [0, 0.05) is 30.1 Å². The van der Waals surface area contributed by atoms with E-state index in [2.05, 4.69) is 22.3 Å². The highest BCUT2D eigenvalue weighted by molar-refractivity contribution is 5.94. The third kappa shape index (κ3) is 3.50. The molecule has 1 aliphatic heterocycles. The van der Waals surface area contributed by atoms with E-state index < -0.39 is 0 Å². The first-order valence-electron chi connectivity index (χ1n) is 8.46. The Morgan fingerprint density at radius 1 is 1.27 bits per heavy atom. The number of hydrogen-bond donors (Lipinski definition) is 2. The molecule has 1 aliphatic carbocycles. The summed E-state index contributed by atoms with van der Waals surface area (Å²) in [7, 11) is 0. The zero-order valence-electron chi connectivity index (χ0n) is 13.5. The summed E-state index contributed by atoms with van der Waals surface area (Å²) in [6.45, 7) is 6.08. The van der Waals surface area contributed by atoms with E-state index >= 15 is 0 Å². The molecule has 0 bridgehead atoms. The minimum Gasteiger partial charge on any atom is -0.350 e. The second kappa shape index (κ2) is 6.39. The van der Waals surface area contributed by atoms with Crippen molar-refractivity contribution in [2.45, 2.75) is 44.1 Å². The molecule has 4 heteroatoms. The molecule has 0 aromatic heterocycles. The van der Waals surface area contributed by atoms with Crippen LogP contribution in [0.4, 0.5) is 0 Å². The highest BCUT2D eigenvalue weighted by atomic mass is 16.1. The van der Waals surface area contributed by atoms with Gasteiger partial charge in [-0.05, 0) is 63.4 Å². The fourth-order valence-corrected chi connectivity index (χ4v) is 3.39. The van der Waals surface area contributed by atoms with Gasteiger partial charge in [-0.15, -0.1) is 0 Å². The highest BCUT2D eigenvalue weighted by Crippen LogP contribution is 2.49. The monoisotopic (exact) mass is 301 g/mol. The Bertz CT molecular complexity index is 514. The second-order valence-corrected chi connectivity index (χ2v) is 7.03. The predicted octanol–water partition coefficient (Wildman–Crippen LogP) is 1.89. The first kappa shape index (κ1) is 15.5. The Labute approximate surface area is 133 Å². The molecule has 3 rings (SSSR count). The van der Waals surface area contributed by atoms with Crippen LogP contribution in [0.3, 0.4) is 0 Å². The predicted molar refractivity (Wildman–Crippen MR) is 89.0 cm³/mol. The molecule has 1 unspecified atom stereocenters. The van der Waals surface area contributed by atoms with Crippen LogP contribution in [0.25, 0.3) is 0 Å². The van der Waals surface area contributed by atoms with Gasteiger partial charge in [0.1, 0.15) is 0 Å². The van der Waals surface area contributed by atoms with Crippen molar-refractivity contribution >= 4 is 5.91 Å². The van der Waals surface area contributed by atoms with E-state index in [4.69, 9.17) is 5.73 Å². The van der Waals surface area contributed by atoms with E-state index in [1.807, 2.05) is 19.1 Å². The third-order valence-electron chi connectivity index (χ3n) is 4.92. The van der Waals surface area contributed by atoms with Gasteiger partial charge in [0.15, 0.2) is 0 Å². The molecule has 1 amide bonds. The number of nitrogens with one attached hydrogen (secondary N) is 1. The van der Waals surface area contributed by atoms with Crippen LogP contribution in [0.15, 0.2) is 24.3 Å². The van der Waals surface area contributed by atoms with Crippen LogP contribution >= 0.6 is 0 Å². The van der Waals surface area contributed by atoms with Crippen molar-refractivity contribution in [2.24, 2.45) is 5.73 Å². The topological polar surface area (TPSA) is 58.4 Å². The zero-order chi connectivity index (χ0) is 15.6. The summed E-state index contributed by atoms with van der Waals surface area (Å²) in [5.41, 5.74) is 8.13. The Kier molecular flexibility index (Phi) is 4.50. The molecule has 4 nitrogen and oxygen atoms in total. The lowest BCUT2D eigenvalue weighted by Gasteiger charge is -2.23. The maximum absolute atomic E-state index is 12.0. The van der Waals surface area contributed by atoms with Crippen molar-refractivity contribution < 1.29 is 4.79 Å². The van der Waals surface area contributed by atoms with Crippen molar-refractivity contribution in [1.82, 2.24) is 10.2 Å². The third-order valence-corrected chi connectivity index (χ3v) is 4.92. The second-order valence-electron chi connectivity index (χ2n) is 7.03. The van der Waals surface area contributed by atoms with Gasteiger partial charge in [-0.1, -0.05) is 12.1 Å². The van der Waals surface area contributed by atoms with E-state index in [1.165, 1.54) is 50.9 Å². The normalized spacial score (nSPS) is 21.5. The quantitative estimate of drug-likeness (QED) is 0.843. The number of nitrogens with two attached hydrogens (primary N) is 1. The lowest BCUT2D eigenvalue weighted by atomic mass is 9.94. The summed E-state index contributed by atoms with van der Waals surface area (Å²) >= 11 is 0. The molecule has 22 heavy (non-hydrogen) atoms. The Balaban J connectivity index is 1.62. The van der Waals surface area contributed by atoms with Crippen molar-refractivity contribution in [3.8, 4) is 0 Å². The molecular weight excluding hydrogens is 274 g/mol. The van der Waals surface area contributed by atoms with Crippen LogP contribution in [0.5, 0.6) is 0 Å².